The largest absolute Gasteiger partial charge is 0.457 e. The van der Waals surface area contributed by atoms with Crippen LogP contribution in [-0.4, -0.2) is 27.1 Å². The summed E-state index contributed by atoms with van der Waals surface area (Å²) >= 11 is 5.90. The fourth-order valence-electron chi connectivity index (χ4n) is 3.55. The van der Waals surface area contributed by atoms with Gasteiger partial charge in [0.1, 0.15) is 11.5 Å². The standard InChI is InChI=1S/C28H24ClNO4S/c1-35(32,33)25-16-10-21(11-17-25)26-4-2-3-5-27(26)34-24-14-8-22(9-15-24)28(31)30-19-18-20-6-12-23(29)13-7-20/h2-17H,18-19H2,1H3,(H,30,31). The van der Waals surface area contributed by atoms with Gasteiger partial charge in [0.25, 0.3) is 5.91 Å². The predicted molar refractivity (Wildman–Crippen MR) is 139 cm³/mol. The maximum Gasteiger partial charge on any atom is 0.251 e. The summed E-state index contributed by atoms with van der Waals surface area (Å²) in [5.41, 5.74) is 3.31. The van der Waals surface area contributed by atoms with E-state index in [1.165, 1.54) is 6.26 Å². The third kappa shape index (κ3) is 6.50. The van der Waals surface area contributed by atoms with Crippen LogP contribution in [-0.2, 0) is 16.3 Å². The fraction of sp³-hybridized carbons (Fsp3) is 0.107. The van der Waals surface area contributed by atoms with Crippen LogP contribution in [0.5, 0.6) is 11.5 Å². The highest BCUT2D eigenvalue weighted by atomic mass is 35.5. The van der Waals surface area contributed by atoms with E-state index in [0.717, 1.165) is 16.7 Å². The minimum atomic E-state index is -3.26. The van der Waals surface area contributed by atoms with Crippen LogP contribution in [0.1, 0.15) is 15.9 Å². The van der Waals surface area contributed by atoms with Gasteiger partial charge in [-0.3, -0.25) is 4.79 Å². The van der Waals surface area contributed by atoms with Crippen molar-refractivity contribution in [2.45, 2.75) is 11.3 Å². The number of rotatable bonds is 8. The zero-order valence-electron chi connectivity index (χ0n) is 19.1. The number of sulfone groups is 1. The Bertz CT molecular complexity index is 1420. The second-order valence-electron chi connectivity index (χ2n) is 8.05. The van der Waals surface area contributed by atoms with Gasteiger partial charge in [-0.05, 0) is 72.1 Å². The maximum atomic E-state index is 12.5. The third-order valence-electron chi connectivity index (χ3n) is 5.44. The Balaban J connectivity index is 1.40. The first-order chi connectivity index (χ1) is 16.8. The summed E-state index contributed by atoms with van der Waals surface area (Å²) in [7, 11) is -3.26. The van der Waals surface area contributed by atoms with Gasteiger partial charge < -0.3 is 10.1 Å². The summed E-state index contributed by atoms with van der Waals surface area (Å²) < 4.78 is 29.6. The van der Waals surface area contributed by atoms with Crippen LogP contribution in [0.3, 0.4) is 0 Å². The molecule has 0 aliphatic carbocycles. The first-order valence-electron chi connectivity index (χ1n) is 11.0. The van der Waals surface area contributed by atoms with Crippen LogP contribution in [0, 0.1) is 0 Å². The van der Waals surface area contributed by atoms with E-state index in [0.29, 0.717) is 35.1 Å². The Labute approximate surface area is 210 Å². The van der Waals surface area contributed by atoms with Crippen molar-refractivity contribution in [2.75, 3.05) is 12.8 Å². The van der Waals surface area contributed by atoms with Gasteiger partial charge in [0.15, 0.2) is 9.84 Å². The van der Waals surface area contributed by atoms with Crippen molar-refractivity contribution in [3.8, 4) is 22.6 Å². The van der Waals surface area contributed by atoms with Gasteiger partial charge in [-0.25, -0.2) is 8.42 Å². The van der Waals surface area contributed by atoms with E-state index in [2.05, 4.69) is 5.32 Å². The van der Waals surface area contributed by atoms with Gasteiger partial charge in [-0.15, -0.1) is 0 Å². The molecule has 0 saturated carbocycles. The molecule has 4 aromatic rings. The lowest BCUT2D eigenvalue weighted by atomic mass is 10.0. The highest BCUT2D eigenvalue weighted by molar-refractivity contribution is 7.90. The molecule has 35 heavy (non-hydrogen) atoms. The van der Waals surface area contributed by atoms with Crippen LogP contribution in [0.15, 0.2) is 102 Å². The molecule has 4 rings (SSSR count). The topological polar surface area (TPSA) is 72.5 Å². The lowest BCUT2D eigenvalue weighted by Crippen LogP contribution is -2.25. The zero-order chi connectivity index (χ0) is 24.8. The van der Waals surface area contributed by atoms with Crippen LogP contribution in [0.4, 0.5) is 0 Å². The SMILES string of the molecule is CS(=O)(=O)c1ccc(-c2ccccc2Oc2ccc(C(=O)NCCc3ccc(Cl)cc3)cc2)cc1. The molecule has 5 nitrogen and oxygen atoms in total. The molecular formula is C28H24ClNO4S. The lowest BCUT2D eigenvalue weighted by molar-refractivity contribution is 0.0954. The van der Waals surface area contributed by atoms with E-state index in [4.69, 9.17) is 16.3 Å². The van der Waals surface area contributed by atoms with Crippen molar-refractivity contribution >= 4 is 27.3 Å². The molecule has 7 heteroatoms. The second kappa shape index (κ2) is 10.8. The molecule has 1 amide bonds. The summed E-state index contributed by atoms with van der Waals surface area (Å²) in [6, 6.07) is 28.7. The van der Waals surface area contributed by atoms with Gasteiger partial charge >= 0.3 is 0 Å². The number of hydrogen-bond donors (Lipinski definition) is 1. The van der Waals surface area contributed by atoms with Crippen LogP contribution < -0.4 is 10.1 Å². The number of carbonyl (C=O) groups is 1. The van der Waals surface area contributed by atoms with Crippen molar-refractivity contribution in [1.82, 2.24) is 5.32 Å². The van der Waals surface area contributed by atoms with E-state index in [1.807, 2.05) is 48.5 Å². The first kappa shape index (κ1) is 24.5. The average molecular weight is 506 g/mol. The Morgan fingerprint density at radius 3 is 2.17 bits per heavy atom. The molecule has 4 aromatic carbocycles. The number of amides is 1. The Morgan fingerprint density at radius 2 is 1.51 bits per heavy atom. The van der Waals surface area contributed by atoms with Gasteiger partial charge in [-0.2, -0.15) is 0 Å². The summed E-state index contributed by atoms with van der Waals surface area (Å²) in [6.45, 7) is 0.518. The molecule has 178 valence electrons. The highest BCUT2D eigenvalue weighted by Gasteiger charge is 2.11. The fourth-order valence-corrected chi connectivity index (χ4v) is 4.31. The summed E-state index contributed by atoms with van der Waals surface area (Å²) in [4.78, 5) is 12.7. The molecule has 1 N–H and O–H groups in total. The molecule has 0 aliphatic rings. The van der Waals surface area contributed by atoms with Gasteiger partial charge in [0.05, 0.1) is 4.90 Å². The van der Waals surface area contributed by atoms with E-state index in [-0.39, 0.29) is 10.8 Å². The molecular weight excluding hydrogens is 482 g/mol. The van der Waals surface area contributed by atoms with E-state index in [9.17, 15) is 13.2 Å². The Hall–Kier alpha value is -3.61. The average Bonchev–Trinajstić information content (AvgIpc) is 2.85. The number of hydrogen-bond acceptors (Lipinski definition) is 4. The number of carbonyl (C=O) groups excluding carboxylic acids is 1. The van der Waals surface area contributed by atoms with Gasteiger partial charge in [0, 0.05) is 29.0 Å². The zero-order valence-corrected chi connectivity index (χ0v) is 20.6. The molecule has 0 fully saturated rings. The van der Waals surface area contributed by atoms with E-state index < -0.39 is 9.84 Å². The monoisotopic (exact) mass is 505 g/mol. The Kier molecular flexibility index (Phi) is 7.54. The van der Waals surface area contributed by atoms with Crippen molar-refractivity contribution in [2.24, 2.45) is 0 Å². The van der Waals surface area contributed by atoms with Crippen LogP contribution >= 0.6 is 11.6 Å². The molecule has 0 radical (unpaired) electrons. The third-order valence-corrected chi connectivity index (χ3v) is 6.82. The normalized spacial score (nSPS) is 11.1. The maximum absolute atomic E-state index is 12.5. The van der Waals surface area contributed by atoms with E-state index in [1.54, 1.807) is 48.5 Å². The lowest BCUT2D eigenvalue weighted by Gasteiger charge is -2.12. The number of halogens is 1. The van der Waals surface area contributed by atoms with Gasteiger partial charge in [0.2, 0.25) is 0 Å². The smallest absolute Gasteiger partial charge is 0.251 e. The van der Waals surface area contributed by atoms with Crippen molar-refractivity contribution in [3.05, 3.63) is 113 Å². The van der Waals surface area contributed by atoms with Gasteiger partial charge in [-0.1, -0.05) is 54.1 Å². The molecule has 0 unspecified atom stereocenters. The molecule has 0 bridgehead atoms. The molecule has 0 aliphatic heterocycles. The van der Waals surface area contributed by atoms with Crippen LogP contribution in [0.25, 0.3) is 11.1 Å². The Morgan fingerprint density at radius 1 is 0.857 bits per heavy atom. The molecule has 0 atom stereocenters. The second-order valence-corrected chi connectivity index (χ2v) is 10.5. The number of para-hydroxylation sites is 1. The minimum absolute atomic E-state index is 0.156. The van der Waals surface area contributed by atoms with Crippen molar-refractivity contribution in [1.29, 1.82) is 0 Å². The quantitative estimate of drug-likeness (QED) is 0.310. The molecule has 0 aromatic heterocycles. The van der Waals surface area contributed by atoms with Crippen LogP contribution in [0.2, 0.25) is 5.02 Å². The highest BCUT2D eigenvalue weighted by Crippen LogP contribution is 2.33. The number of ether oxygens (including phenoxy) is 1. The molecule has 0 heterocycles. The summed E-state index contributed by atoms with van der Waals surface area (Å²) in [5, 5.41) is 3.61. The summed E-state index contributed by atoms with van der Waals surface area (Å²) in [5.74, 6) is 1.06. The predicted octanol–water partition coefficient (Wildman–Crippen LogP) is 6.18. The van der Waals surface area contributed by atoms with Crippen molar-refractivity contribution in [3.63, 3.8) is 0 Å². The minimum Gasteiger partial charge on any atom is -0.457 e. The van der Waals surface area contributed by atoms with Crippen molar-refractivity contribution < 1.29 is 17.9 Å². The molecule has 0 spiro atoms. The summed E-state index contributed by atoms with van der Waals surface area (Å²) in [6.07, 6.45) is 1.90. The first-order valence-corrected chi connectivity index (χ1v) is 13.3. The number of nitrogens with one attached hydrogen (secondary N) is 1. The number of benzene rings is 4. The molecule has 0 saturated heterocycles. The van der Waals surface area contributed by atoms with E-state index >= 15 is 0 Å².